The molecule has 3 aromatic rings. The van der Waals surface area contributed by atoms with Gasteiger partial charge < -0.3 is 9.80 Å². The molecule has 0 atom stereocenters. The van der Waals surface area contributed by atoms with Crippen LogP contribution in [0.25, 0.3) is 10.8 Å². The fourth-order valence-electron chi connectivity index (χ4n) is 3.45. The van der Waals surface area contributed by atoms with Gasteiger partial charge in [0.05, 0.1) is 4.90 Å². The van der Waals surface area contributed by atoms with Gasteiger partial charge >= 0.3 is 0 Å². The van der Waals surface area contributed by atoms with Crippen LogP contribution in [0.15, 0.2) is 59.5 Å². The predicted molar refractivity (Wildman–Crippen MR) is 115 cm³/mol. The van der Waals surface area contributed by atoms with Crippen LogP contribution in [-0.4, -0.2) is 74.0 Å². The molecule has 0 unspecified atom stereocenters. The van der Waals surface area contributed by atoms with Crippen LogP contribution in [0.5, 0.6) is 0 Å². The third-order valence-corrected chi connectivity index (χ3v) is 7.11. The Hall–Kier alpha value is -3.04. The maximum Gasteiger partial charge on any atom is 0.274 e. The topological polar surface area (TPSA) is 86.7 Å². The molecule has 0 bridgehead atoms. The molecule has 2 aromatic carbocycles. The average molecular weight is 426 g/mol. The van der Waals surface area contributed by atoms with Crippen molar-refractivity contribution < 1.29 is 13.2 Å². The number of fused-ring (bicyclic) bond motifs is 1. The second kappa shape index (κ2) is 8.00. The van der Waals surface area contributed by atoms with Crippen molar-refractivity contribution in [2.75, 3.05) is 45.2 Å². The molecular formula is C21H23N5O3S. The summed E-state index contributed by atoms with van der Waals surface area (Å²) in [6, 6.07) is 16.2. The molecule has 0 saturated carbocycles. The molecular weight excluding hydrogens is 402 g/mol. The Balaban J connectivity index is 1.45. The minimum atomic E-state index is -3.62. The van der Waals surface area contributed by atoms with E-state index in [0.717, 1.165) is 10.8 Å². The largest absolute Gasteiger partial charge is 0.361 e. The Labute approximate surface area is 175 Å². The molecule has 1 saturated heterocycles. The number of hydrogen-bond donors (Lipinski definition) is 0. The summed E-state index contributed by atoms with van der Waals surface area (Å²) in [5.41, 5.74) is 0.256. The van der Waals surface area contributed by atoms with Crippen molar-refractivity contribution in [3.8, 4) is 0 Å². The standard InChI is InChI=1S/C21H23N5O3S/c1-24(2)20-10-9-19(22-23-20)21(27)25-11-13-26(14-12-25)30(28,29)18-8-7-16-5-3-4-6-17(16)15-18/h3-10,15H,11-14H2,1-2H3. The van der Waals surface area contributed by atoms with Crippen molar-refractivity contribution in [1.82, 2.24) is 19.4 Å². The summed E-state index contributed by atoms with van der Waals surface area (Å²) in [4.78, 5) is 16.4. The molecule has 1 aromatic heterocycles. The smallest absolute Gasteiger partial charge is 0.274 e. The molecule has 1 fully saturated rings. The number of rotatable bonds is 4. The summed E-state index contributed by atoms with van der Waals surface area (Å²) in [5, 5.41) is 9.91. The number of amides is 1. The maximum atomic E-state index is 13.1. The fraction of sp³-hybridized carbons (Fsp3) is 0.286. The number of aromatic nitrogens is 2. The van der Waals surface area contributed by atoms with Crippen molar-refractivity contribution >= 4 is 32.5 Å². The van der Waals surface area contributed by atoms with E-state index in [2.05, 4.69) is 10.2 Å². The van der Waals surface area contributed by atoms with Crippen LogP contribution in [0.3, 0.4) is 0 Å². The summed E-state index contributed by atoms with van der Waals surface area (Å²) < 4.78 is 27.6. The lowest BCUT2D eigenvalue weighted by Gasteiger charge is -2.33. The van der Waals surface area contributed by atoms with Crippen molar-refractivity contribution in [3.63, 3.8) is 0 Å². The van der Waals surface area contributed by atoms with E-state index in [4.69, 9.17) is 0 Å². The molecule has 1 aliphatic rings. The number of anilines is 1. The number of benzene rings is 2. The Kier molecular flexibility index (Phi) is 5.40. The van der Waals surface area contributed by atoms with E-state index >= 15 is 0 Å². The normalized spacial score (nSPS) is 15.3. The van der Waals surface area contributed by atoms with Gasteiger partial charge in [0.1, 0.15) is 0 Å². The molecule has 4 rings (SSSR count). The quantitative estimate of drug-likeness (QED) is 0.634. The van der Waals surface area contributed by atoms with Gasteiger partial charge in [0.2, 0.25) is 10.0 Å². The van der Waals surface area contributed by atoms with Crippen LogP contribution in [-0.2, 0) is 10.0 Å². The third kappa shape index (κ3) is 3.86. The molecule has 8 nitrogen and oxygen atoms in total. The number of sulfonamides is 1. The summed E-state index contributed by atoms with van der Waals surface area (Å²) in [5.74, 6) is 0.424. The first-order chi connectivity index (χ1) is 14.4. The van der Waals surface area contributed by atoms with Gasteiger partial charge in [-0.3, -0.25) is 4.79 Å². The number of piperazine rings is 1. The van der Waals surface area contributed by atoms with Crippen LogP contribution in [0.1, 0.15) is 10.5 Å². The molecule has 0 spiro atoms. The Morgan fingerprint density at radius 1 is 0.900 bits per heavy atom. The molecule has 0 N–H and O–H groups in total. The van der Waals surface area contributed by atoms with Crippen molar-refractivity contribution in [2.45, 2.75) is 4.90 Å². The summed E-state index contributed by atoms with van der Waals surface area (Å²) >= 11 is 0. The van der Waals surface area contributed by atoms with E-state index in [1.807, 2.05) is 44.4 Å². The second-order valence-electron chi connectivity index (χ2n) is 7.38. The fourth-order valence-corrected chi connectivity index (χ4v) is 4.91. The minimum Gasteiger partial charge on any atom is -0.361 e. The summed E-state index contributed by atoms with van der Waals surface area (Å²) in [7, 11) is 0.0753. The first-order valence-corrected chi connectivity index (χ1v) is 11.1. The highest BCUT2D eigenvalue weighted by atomic mass is 32.2. The SMILES string of the molecule is CN(C)c1ccc(C(=O)N2CCN(S(=O)(=O)c3ccc4ccccc4c3)CC2)nn1. The molecule has 1 aliphatic heterocycles. The van der Waals surface area contributed by atoms with Crippen LogP contribution in [0.2, 0.25) is 0 Å². The van der Waals surface area contributed by atoms with E-state index < -0.39 is 10.0 Å². The first kappa shape index (κ1) is 20.2. The van der Waals surface area contributed by atoms with E-state index in [-0.39, 0.29) is 29.6 Å². The van der Waals surface area contributed by atoms with Gasteiger partial charge in [0, 0.05) is 40.3 Å². The van der Waals surface area contributed by atoms with E-state index in [1.165, 1.54) is 4.31 Å². The number of nitrogens with zero attached hydrogens (tertiary/aromatic N) is 5. The third-order valence-electron chi connectivity index (χ3n) is 5.21. The predicted octanol–water partition coefficient (Wildman–Crippen LogP) is 1.84. The van der Waals surface area contributed by atoms with E-state index in [1.54, 1.807) is 34.1 Å². The average Bonchev–Trinajstić information content (AvgIpc) is 2.78. The van der Waals surface area contributed by atoms with Gasteiger partial charge in [-0.25, -0.2) is 8.42 Å². The monoisotopic (exact) mass is 425 g/mol. The van der Waals surface area contributed by atoms with Gasteiger partial charge in [-0.15, -0.1) is 10.2 Å². The molecule has 0 radical (unpaired) electrons. The van der Waals surface area contributed by atoms with Crippen LogP contribution in [0, 0.1) is 0 Å². The number of hydrogen-bond acceptors (Lipinski definition) is 6. The molecule has 0 aliphatic carbocycles. The highest BCUT2D eigenvalue weighted by Crippen LogP contribution is 2.23. The second-order valence-corrected chi connectivity index (χ2v) is 9.31. The minimum absolute atomic E-state index is 0.240. The number of carbonyl (C=O) groups excluding carboxylic acids is 1. The summed E-state index contributed by atoms with van der Waals surface area (Å²) in [6.07, 6.45) is 0. The maximum absolute atomic E-state index is 13.1. The van der Waals surface area contributed by atoms with Crippen LogP contribution < -0.4 is 4.90 Å². The lowest BCUT2D eigenvalue weighted by Crippen LogP contribution is -2.50. The Morgan fingerprint density at radius 3 is 2.23 bits per heavy atom. The highest BCUT2D eigenvalue weighted by molar-refractivity contribution is 7.89. The molecule has 1 amide bonds. The van der Waals surface area contributed by atoms with E-state index in [9.17, 15) is 13.2 Å². The molecule has 156 valence electrons. The van der Waals surface area contributed by atoms with Crippen LogP contribution in [0.4, 0.5) is 5.82 Å². The lowest BCUT2D eigenvalue weighted by molar-refractivity contribution is 0.0691. The van der Waals surface area contributed by atoms with Gasteiger partial charge in [0.25, 0.3) is 5.91 Å². The zero-order chi connectivity index (χ0) is 21.3. The number of carbonyl (C=O) groups is 1. The Morgan fingerprint density at radius 2 is 1.60 bits per heavy atom. The molecule has 2 heterocycles. The van der Waals surface area contributed by atoms with Gasteiger partial charge in [-0.05, 0) is 35.0 Å². The lowest BCUT2D eigenvalue weighted by atomic mass is 10.1. The van der Waals surface area contributed by atoms with E-state index in [0.29, 0.717) is 18.9 Å². The summed E-state index contributed by atoms with van der Waals surface area (Å²) in [6.45, 7) is 1.10. The Bertz CT molecular complexity index is 1170. The zero-order valence-electron chi connectivity index (χ0n) is 16.9. The van der Waals surface area contributed by atoms with Gasteiger partial charge in [0.15, 0.2) is 11.5 Å². The highest BCUT2D eigenvalue weighted by Gasteiger charge is 2.31. The molecule has 30 heavy (non-hydrogen) atoms. The van der Waals surface area contributed by atoms with Gasteiger partial charge in [-0.2, -0.15) is 4.31 Å². The van der Waals surface area contributed by atoms with Crippen molar-refractivity contribution in [3.05, 3.63) is 60.3 Å². The first-order valence-electron chi connectivity index (χ1n) is 9.65. The van der Waals surface area contributed by atoms with Crippen molar-refractivity contribution in [1.29, 1.82) is 0 Å². The van der Waals surface area contributed by atoms with Gasteiger partial charge in [-0.1, -0.05) is 30.3 Å². The molecule has 9 heteroatoms. The van der Waals surface area contributed by atoms with Crippen molar-refractivity contribution in [2.24, 2.45) is 0 Å². The zero-order valence-corrected chi connectivity index (χ0v) is 17.7. The van der Waals surface area contributed by atoms with Crippen LogP contribution >= 0.6 is 0 Å².